The summed E-state index contributed by atoms with van der Waals surface area (Å²) in [6.45, 7) is 5.32. The lowest BCUT2D eigenvalue weighted by Gasteiger charge is -1.85. The zero-order valence-corrected chi connectivity index (χ0v) is 6.38. The molecule has 1 N–H and O–H groups in total. The van der Waals surface area contributed by atoms with Gasteiger partial charge in [0, 0.05) is 0 Å². The quantitative estimate of drug-likeness (QED) is 0.274. The summed E-state index contributed by atoms with van der Waals surface area (Å²) < 4.78 is 0. The van der Waals surface area contributed by atoms with Crippen LogP contribution in [0.4, 0.5) is 0 Å². The van der Waals surface area contributed by atoms with Crippen molar-refractivity contribution in [1.82, 2.24) is 0 Å². The van der Waals surface area contributed by atoms with Crippen LogP contribution in [0, 0.1) is 0 Å². The van der Waals surface area contributed by atoms with Crippen molar-refractivity contribution in [2.24, 2.45) is 0 Å². The summed E-state index contributed by atoms with van der Waals surface area (Å²) in [6.07, 6.45) is 9.61. The van der Waals surface area contributed by atoms with Crippen LogP contribution in [0.2, 0.25) is 0 Å². The third-order valence-electron chi connectivity index (χ3n) is 1.05. The maximum atomic E-state index is 8.61. The molecule has 0 aromatic rings. The van der Waals surface area contributed by atoms with Gasteiger partial charge in [-0.05, 0) is 25.8 Å². The summed E-state index contributed by atoms with van der Waals surface area (Å²) in [5.41, 5.74) is 0. The second-order valence-electron chi connectivity index (χ2n) is 2.04. The Morgan fingerprint density at radius 2 is 2.00 bits per heavy atom. The molecule has 0 heterocycles. The first-order valence-corrected chi connectivity index (χ1v) is 3.43. The highest BCUT2D eigenvalue weighted by Gasteiger charge is 1.76. The number of aliphatic hydroxyl groups is 1. The summed E-state index contributed by atoms with van der Waals surface area (Å²) in [4.78, 5) is 0. The van der Waals surface area contributed by atoms with Crippen molar-refractivity contribution in [3.8, 4) is 0 Å². The molecule has 0 fully saturated rings. The Morgan fingerprint density at radius 3 is 2.50 bits per heavy atom. The van der Waals surface area contributed by atoms with Crippen molar-refractivity contribution in [3.63, 3.8) is 0 Å². The molecule has 0 aliphatic rings. The predicted octanol–water partition coefficient (Wildman–Crippen LogP) is 2.97. The van der Waals surface area contributed by atoms with Gasteiger partial charge in [-0.15, -0.1) is 0 Å². The van der Waals surface area contributed by atoms with E-state index in [0.717, 1.165) is 12.8 Å². The molecule has 0 aromatic carbocycles. The zero-order chi connectivity index (χ0) is 7.82. The van der Waals surface area contributed by atoms with Crippen molar-refractivity contribution < 1.29 is 5.11 Å². The molecule has 0 bridgehead atoms. The van der Waals surface area contributed by atoms with Crippen LogP contribution in [0.1, 0.15) is 19.8 Å². The lowest BCUT2D eigenvalue weighted by atomic mass is 10.2. The van der Waals surface area contributed by atoms with Gasteiger partial charge in [0.2, 0.25) is 0 Å². The first-order valence-electron chi connectivity index (χ1n) is 3.43. The van der Waals surface area contributed by atoms with E-state index in [-0.39, 0.29) is 5.76 Å². The van der Waals surface area contributed by atoms with E-state index in [4.69, 9.17) is 5.11 Å². The lowest BCUT2D eigenvalue weighted by Crippen LogP contribution is -1.68. The van der Waals surface area contributed by atoms with Crippen molar-refractivity contribution in [2.45, 2.75) is 19.8 Å². The first-order chi connectivity index (χ1) is 4.77. The highest BCUT2D eigenvalue weighted by molar-refractivity contribution is 5.05. The van der Waals surface area contributed by atoms with E-state index in [9.17, 15) is 0 Å². The maximum Gasteiger partial charge on any atom is 0.108 e. The summed E-state index contributed by atoms with van der Waals surface area (Å²) in [5, 5.41) is 8.61. The Kier molecular flexibility index (Phi) is 5.54. The SMILES string of the molecule is C=C(O)/C=C/CC/C=C/C. The Labute approximate surface area is 62.4 Å². The van der Waals surface area contributed by atoms with Gasteiger partial charge in [-0.2, -0.15) is 0 Å². The third-order valence-corrected chi connectivity index (χ3v) is 1.05. The number of unbranched alkanes of at least 4 members (excludes halogenated alkanes) is 1. The summed E-state index contributed by atoms with van der Waals surface area (Å²) in [7, 11) is 0. The van der Waals surface area contributed by atoms with Crippen LogP contribution in [0.15, 0.2) is 36.6 Å². The van der Waals surface area contributed by atoms with Crippen molar-refractivity contribution in [2.75, 3.05) is 0 Å². The first kappa shape index (κ1) is 9.02. The summed E-state index contributed by atoms with van der Waals surface area (Å²) in [5.74, 6) is 0.125. The van der Waals surface area contributed by atoms with Gasteiger partial charge in [-0.1, -0.05) is 24.8 Å². The van der Waals surface area contributed by atoms with E-state index in [2.05, 4.69) is 12.7 Å². The van der Waals surface area contributed by atoms with Crippen LogP contribution in [-0.4, -0.2) is 5.11 Å². The van der Waals surface area contributed by atoms with Crippen LogP contribution >= 0.6 is 0 Å². The van der Waals surface area contributed by atoms with E-state index in [1.54, 1.807) is 6.08 Å². The van der Waals surface area contributed by atoms with E-state index in [0.29, 0.717) is 0 Å². The molecule has 0 aliphatic heterocycles. The molecule has 10 heavy (non-hydrogen) atoms. The average molecular weight is 138 g/mol. The molecule has 0 unspecified atom stereocenters. The molecule has 0 saturated heterocycles. The van der Waals surface area contributed by atoms with E-state index < -0.39 is 0 Å². The highest BCUT2D eigenvalue weighted by Crippen LogP contribution is 1.94. The minimum Gasteiger partial charge on any atom is -0.509 e. The van der Waals surface area contributed by atoms with Crippen LogP contribution in [0.25, 0.3) is 0 Å². The van der Waals surface area contributed by atoms with Crippen molar-refractivity contribution in [1.29, 1.82) is 0 Å². The fourth-order valence-electron chi connectivity index (χ4n) is 0.578. The summed E-state index contributed by atoms with van der Waals surface area (Å²) in [6, 6.07) is 0. The van der Waals surface area contributed by atoms with Crippen LogP contribution in [0.3, 0.4) is 0 Å². The molecular weight excluding hydrogens is 124 g/mol. The minimum atomic E-state index is 0.125. The smallest absolute Gasteiger partial charge is 0.108 e. The molecule has 56 valence electrons. The number of rotatable bonds is 4. The number of aliphatic hydroxyl groups excluding tert-OH is 1. The Hall–Kier alpha value is -0.980. The molecule has 0 amide bonds. The molecule has 1 nitrogen and oxygen atoms in total. The summed E-state index contributed by atoms with van der Waals surface area (Å²) >= 11 is 0. The molecule has 0 radical (unpaired) electrons. The topological polar surface area (TPSA) is 20.2 Å². The molecule has 0 atom stereocenters. The molecule has 0 rings (SSSR count). The zero-order valence-electron chi connectivity index (χ0n) is 6.38. The largest absolute Gasteiger partial charge is 0.509 e. The van der Waals surface area contributed by atoms with Gasteiger partial charge >= 0.3 is 0 Å². The minimum absolute atomic E-state index is 0.125. The Bertz CT molecular complexity index is 143. The van der Waals surface area contributed by atoms with Gasteiger partial charge in [0.25, 0.3) is 0 Å². The average Bonchev–Trinajstić information content (AvgIpc) is 1.87. The van der Waals surface area contributed by atoms with E-state index in [1.165, 1.54) is 0 Å². The predicted molar refractivity (Wildman–Crippen MR) is 45.0 cm³/mol. The fraction of sp³-hybridized carbons (Fsp3) is 0.333. The number of hydrogen-bond acceptors (Lipinski definition) is 1. The van der Waals surface area contributed by atoms with Gasteiger partial charge in [0.05, 0.1) is 0 Å². The van der Waals surface area contributed by atoms with Gasteiger partial charge in [-0.25, -0.2) is 0 Å². The number of allylic oxidation sites excluding steroid dienone is 4. The van der Waals surface area contributed by atoms with E-state index >= 15 is 0 Å². The molecular formula is C9H14O. The Morgan fingerprint density at radius 1 is 1.40 bits per heavy atom. The standard InChI is InChI=1S/C9H14O/c1-3-4-5-6-7-8-9(2)10/h3-4,7-8,10H,2,5-6H2,1H3/b4-3+,8-7+. The fourth-order valence-corrected chi connectivity index (χ4v) is 0.578. The second kappa shape index (κ2) is 6.14. The molecule has 0 saturated carbocycles. The molecule has 0 aliphatic carbocycles. The normalized spacial score (nSPS) is 11.3. The van der Waals surface area contributed by atoms with Crippen LogP contribution in [0.5, 0.6) is 0 Å². The van der Waals surface area contributed by atoms with Crippen LogP contribution in [-0.2, 0) is 0 Å². The van der Waals surface area contributed by atoms with Gasteiger partial charge in [0.1, 0.15) is 5.76 Å². The highest BCUT2D eigenvalue weighted by atomic mass is 16.3. The number of hydrogen-bond donors (Lipinski definition) is 1. The second-order valence-corrected chi connectivity index (χ2v) is 2.04. The Balaban J connectivity index is 3.27. The van der Waals surface area contributed by atoms with Crippen LogP contribution < -0.4 is 0 Å². The van der Waals surface area contributed by atoms with Crippen molar-refractivity contribution in [3.05, 3.63) is 36.6 Å². The third kappa shape index (κ3) is 7.02. The van der Waals surface area contributed by atoms with Crippen molar-refractivity contribution >= 4 is 0 Å². The molecule has 1 heteroatoms. The lowest BCUT2D eigenvalue weighted by molar-refractivity contribution is 0.435. The maximum absolute atomic E-state index is 8.61. The van der Waals surface area contributed by atoms with E-state index in [1.807, 2.05) is 19.1 Å². The van der Waals surface area contributed by atoms with Gasteiger partial charge < -0.3 is 5.11 Å². The van der Waals surface area contributed by atoms with Gasteiger partial charge in [0.15, 0.2) is 0 Å². The monoisotopic (exact) mass is 138 g/mol. The molecule has 0 aromatic heterocycles. The molecule has 0 spiro atoms. The van der Waals surface area contributed by atoms with Gasteiger partial charge in [-0.3, -0.25) is 0 Å².